The van der Waals surface area contributed by atoms with Crippen LogP contribution in [0.3, 0.4) is 0 Å². The Labute approximate surface area is 146 Å². The van der Waals surface area contributed by atoms with E-state index >= 15 is 0 Å². The lowest BCUT2D eigenvalue weighted by molar-refractivity contribution is -0.122. The van der Waals surface area contributed by atoms with Crippen LogP contribution in [0.25, 0.3) is 0 Å². The number of phenols is 1. The molecule has 2 rings (SSSR count). The molecule has 1 atom stereocenters. The molecule has 0 aromatic heterocycles. The summed E-state index contributed by atoms with van der Waals surface area (Å²) in [6, 6.07) is 3.77. The normalized spacial score (nSPS) is 17.3. The van der Waals surface area contributed by atoms with Crippen LogP contribution in [-0.2, 0) is 4.79 Å². The van der Waals surface area contributed by atoms with Gasteiger partial charge in [0.15, 0.2) is 11.6 Å². The van der Waals surface area contributed by atoms with Gasteiger partial charge in [-0.1, -0.05) is 6.42 Å². The summed E-state index contributed by atoms with van der Waals surface area (Å²) in [4.78, 5) is 22.5. The molecule has 0 aliphatic carbocycles. The highest BCUT2D eigenvalue weighted by Crippen LogP contribution is 2.17. The van der Waals surface area contributed by atoms with E-state index in [2.05, 4.69) is 10.2 Å². The number of halogens is 1. The van der Waals surface area contributed by atoms with Crippen molar-refractivity contribution in [1.82, 2.24) is 10.2 Å². The van der Waals surface area contributed by atoms with Gasteiger partial charge in [-0.3, -0.25) is 14.5 Å². The van der Waals surface area contributed by atoms with Gasteiger partial charge in [-0.25, -0.2) is 4.39 Å². The molecule has 0 radical (unpaired) electrons. The van der Waals surface area contributed by atoms with Crippen molar-refractivity contribution in [1.29, 1.82) is 0 Å². The highest BCUT2D eigenvalue weighted by Gasteiger charge is 2.20. The number of likely N-dealkylation sites (tertiary alicyclic amines) is 1. The third kappa shape index (κ3) is 7.06. The molecule has 7 nitrogen and oxygen atoms in total. The van der Waals surface area contributed by atoms with Crippen LogP contribution in [0.1, 0.15) is 36.0 Å². The van der Waals surface area contributed by atoms with E-state index in [-0.39, 0.29) is 30.6 Å². The molecule has 1 aliphatic rings. The number of nitrogens with one attached hydrogen (secondary N) is 1. The monoisotopic (exact) mass is 356 g/mol. The molecule has 1 heterocycles. The van der Waals surface area contributed by atoms with E-state index < -0.39 is 11.6 Å². The number of hydrogen-bond acceptors (Lipinski definition) is 5. The molecule has 0 bridgehead atoms. The van der Waals surface area contributed by atoms with Gasteiger partial charge in [0.25, 0.3) is 12.4 Å². The Morgan fingerprint density at radius 2 is 2.12 bits per heavy atom. The largest absolute Gasteiger partial charge is 0.505 e. The molecular weight excluding hydrogens is 331 g/mol. The Morgan fingerprint density at radius 1 is 1.40 bits per heavy atom. The Balaban J connectivity index is 0.000000970. The highest BCUT2D eigenvalue weighted by atomic mass is 19.1. The zero-order chi connectivity index (χ0) is 18.7. The smallest absolute Gasteiger partial charge is 0.290 e. The predicted molar refractivity (Wildman–Crippen MR) is 90.0 cm³/mol. The molecule has 25 heavy (non-hydrogen) atoms. The second kappa shape index (κ2) is 11.4. The van der Waals surface area contributed by atoms with Crippen LogP contribution >= 0.6 is 0 Å². The van der Waals surface area contributed by atoms with E-state index in [0.717, 1.165) is 50.9 Å². The summed E-state index contributed by atoms with van der Waals surface area (Å²) in [7, 11) is 0. The molecule has 1 fully saturated rings. The van der Waals surface area contributed by atoms with E-state index in [0.29, 0.717) is 6.54 Å². The van der Waals surface area contributed by atoms with Crippen molar-refractivity contribution in [2.45, 2.75) is 31.7 Å². The molecule has 140 valence electrons. The maximum absolute atomic E-state index is 12.9. The first-order valence-electron chi connectivity index (χ1n) is 8.23. The number of amides is 1. The summed E-state index contributed by atoms with van der Waals surface area (Å²) in [5.41, 5.74) is 0.241. The molecular formula is C17H25FN2O5. The first-order valence-corrected chi connectivity index (χ1v) is 8.23. The van der Waals surface area contributed by atoms with Gasteiger partial charge in [0.2, 0.25) is 0 Å². The van der Waals surface area contributed by atoms with Crippen molar-refractivity contribution in [3.8, 4) is 5.75 Å². The minimum Gasteiger partial charge on any atom is -0.505 e. The molecule has 1 saturated heterocycles. The zero-order valence-electron chi connectivity index (χ0n) is 14.0. The lowest BCUT2D eigenvalue weighted by Gasteiger charge is -2.34. The number of piperidine rings is 1. The molecule has 0 spiro atoms. The molecule has 0 saturated carbocycles. The number of carbonyl (C=O) groups excluding carboxylic acids is 1. The molecule has 8 heteroatoms. The van der Waals surface area contributed by atoms with Gasteiger partial charge >= 0.3 is 0 Å². The van der Waals surface area contributed by atoms with E-state index in [4.69, 9.17) is 9.90 Å². The van der Waals surface area contributed by atoms with Crippen LogP contribution in [0, 0.1) is 5.82 Å². The summed E-state index contributed by atoms with van der Waals surface area (Å²) < 4.78 is 12.9. The molecule has 1 aromatic rings. The zero-order valence-corrected chi connectivity index (χ0v) is 14.0. The topological polar surface area (TPSA) is 110 Å². The van der Waals surface area contributed by atoms with Gasteiger partial charge in [0.1, 0.15) is 0 Å². The van der Waals surface area contributed by atoms with E-state index in [1.807, 2.05) is 0 Å². The fourth-order valence-corrected chi connectivity index (χ4v) is 2.80. The van der Waals surface area contributed by atoms with Crippen molar-refractivity contribution >= 4 is 12.4 Å². The lowest BCUT2D eigenvalue weighted by atomic mass is 10.0. The van der Waals surface area contributed by atoms with Crippen LogP contribution in [0.5, 0.6) is 5.75 Å². The van der Waals surface area contributed by atoms with Crippen LogP contribution in [-0.4, -0.2) is 64.9 Å². The van der Waals surface area contributed by atoms with Crippen molar-refractivity contribution in [2.24, 2.45) is 0 Å². The number of carboxylic acid groups (broad SMARTS) is 1. The molecule has 1 aromatic carbocycles. The van der Waals surface area contributed by atoms with Gasteiger partial charge < -0.3 is 20.6 Å². The number of phenolic OH excluding ortho intramolecular Hbond substituents is 1. The Bertz CT molecular complexity index is 556. The van der Waals surface area contributed by atoms with Gasteiger partial charge in [-0.15, -0.1) is 0 Å². The minimum atomic E-state index is -0.739. The second-order valence-corrected chi connectivity index (χ2v) is 5.75. The molecule has 1 unspecified atom stereocenters. The first-order chi connectivity index (χ1) is 12.0. The number of benzene rings is 1. The summed E-state index contributed by atoms with van der Waals surface area (Å²) in [5.74, 6) is -1.59. The Hall–Kier alpha value is -2.19. The summed E-state index contributed by atoms with van der Waals surface area (Å²) in [6.07, 6.45) is 4.12. The van der Waals surface area contributed by atoms with Crippen LogP contribution in [0.15, 0.2) is 18.2 Å². The number of hydrogen-bond donors (Lipinski definition) is 4. The van der Waals surface area contributed by atoms with Crippen molar-refractivity contribution < 1.29 is 29.3 Å². The predicted octanol–water partition coefficient (Wildman–Crippen LogP) is 1.20. The number of nitrogens with zero attached hydrogens (tertiary/aromatic N) is 1. The van der Waals surface area contributed by atoms with Gasteiger partial charge in [0.05, 0.1) is 6.61 Å². The van der Waals surface area contributed by atoms with Crippen LogP contribution in [0.4, 0.5) is 4.39 Å². The van der Waals surface area contributed by atoms with E-state index in [1.54, 1.807) is 0 Å². The Kier molecular flexibility index (Phi) is 9.49. The highest BCUT2D eigenvalue weighted by molar-refractivity contribution is 5.94. The van der Waals surface area contributed by atoms with Crippen molar-refractivity contribution in [3.63, 3.8) is 0 Å². The molecule has 1 amide bonds. The second-order valence-electron chi connectivity index (χ2n) is 5.75. The summed E-state index contributed by atoms with van der Waals surface area (Å²) in [6.45, 7) is 2.26. The Morgan fingerprint density at radius 3 is 2.76 bits per heavy atom. The fourth-order valence-electron chi connectivity index (χ4n) is 2.80. The van der Waals surface area contributed by atoms with Gasteiger partial charge in [0, 0.05) is 24.7 Å². The van der Waals surface area contributed by atoms with Crippen molar-refractivity contribution in [2.75, 3.05) is 26.2 Å². The standard InChI is InChI=1S/C16H23FN2O3.CH2O2/c17-14-6-5-12(10-15(14)21)16(22)18-7-3-9-19-8-2-1-4-13(19)11-20;2-1-3/h5-6,10,13,20-21H,1-4,7-9,11H2,(H,18,22);1H,(H,2,3). The molecule has 4 N–H and O–H groups in total. The van der Waals surface area contributed by atoms with Gasteiger partial charge in [-0.05, 0) is 44.0 Å². The van der Waals surface area contributed by atoms with Gasteiger partial charge in [-0.2, -0.15) is 0 Å². The number of aliphatic hydroxyl groups excluding tert-OH is 1. The SMILES string of the molecule is O=C(NCCCN1CCCCC1CO)c1ccc(F)c(O)c1.O=CO. The number of aromatic hydroxyl groups is 1. The van der Waals surface area contributed by atoms with Crippen molar-refractivity contribution in [3.05, 3.63) is 29.6 Å². The lowest BCUT2D eigenvalue weighted by Crippen LogP contribution is -2.43. The fraction of sp³-hybridized carbons (Fsp3) is 0.529. The average Bonchev–Trinajstić information content (AvgIpc) is 2.62. The minimum absolute atomic E-state index is 0.182. The van der Waals surface area contributed by atoms with Crippen LogP contribution < -0.4 is 5.32 Å². The maximum atomic E-state index is 12.9. The maximum Gasteiger partial charge on any atom is 0.290 e. The average molecular weight is 356 g/mol. The van der Waals surface area contributed by atoms with E-state index in [9.17, 15) is 19.4 Å². The third-order valence-corrected chi connectivity index (χ3v) is 4.08. The summed E-state index contributed by atoms with van der Waals surface area (Å²) >= 11 is 0. The third-order valence-electron chi connectivity index (χ3n) is 4.08. The molecule has 1 aliphatic heterocycles. The number of aliphatic hydroxyl groups is 1. The van der Waals surface area contributed by atoms with Crippen LogP contribution in [0.2, 0.25) is 0 Å². The van der Waals surface area contributed by atoms with E-state index in [1.165, 1.54) is 6.07 Å². The number of carbonyl (C=O) groups is 2. The summed E-state index contributed by atoms with van der Waals surface area (Å²) in [5, 5.41) is 28.2. The quantitative estimate of drug-likeness (QED) is 0.450. The first kappa shape index (κ1) is 20.9. The number of rotatable bonds is 6.